The molecule has 4 aliphatic heterocycles. The standard InChI is InChI=1S/C48H50N8O10/c1-63-49-39(33-9-5-3-6-10-33)31-51-21-25-53(26-22-51)45(59)37-13-17-41-35(29-37)15-19-43(57)55(41)65-47(61)48(62)66-56-42-18-14-38(30-36(42)16-20-44(56)58)46(60)54-27-23-52(24-28-54)32-40(50-64-2)34-11-7-4-8-12-34/h3-14,17-18,29-30H,15-16,19-28,31-32H2,1-2H3. The zero-order chi connectivity index (χ0) is 46.2. The van der Waals surface area contributed by atoms with E-state index in [9.17, 15) is 28.8 Å². The Kier molecular flexibility index (Phi) is 14.1. The van der Waals surface area contributed by atoms with Gasteiger partial charge in [0.15, 0.2) is 0 Å². The van der Waals surface area contributed by atoms with Crippen LogP contribution in [0.25, 0.3) is 0 Å². The number of piperazine rings is 2. The lowest BCUT2D eigenvalue weighted by molar-refractivity contribution is -0.172. The molecule has 0 aromatic heterocycles. The number of hydrogen-bond donors (Lipinski definition) is 0. The van der Waals surface area contributed by atoms with Crippen LogP contribution in [0.1, 0.15) is 55.8 Å². The fourth-order valence-electron chi connectivity index (χ4n) is 8.46. The highest BCUT2D eigenvalue weighted by Gasteiger charge is 2.36. The van der Waals surface area contributed by atoms with Crippen molar-refractivity contribution in [2.45, 2.75) is 25.7 Å². The average Bonchev–Trinajstić information content (AvgIpc) is 3.35. The van der Waals surface area contributed by atoms with Gasteiger partial charge in [-0.15, -0.1) is 10.1 Å². The molecule has 4 aromatic carbocycles. The number of nitrogens with zero attached hydrogens (tertiary/aromatic N) is 8. The van der Waals surface area contributed by atoms with Gasteiger partial charge < -0.3 is 29.2 Å². The minimum Gasteiger partial charge on any atom is -0.399 e. The summed E-state index contributed by atoms with van der Waals surface area (Å²) in [4.78, 5) is 108. The second kappa shape index (κ2) is 20.6. The monoisotopic (exact) mass is 898 g/mol. The molecule has 8 rings (SSSR count). The van der Waals surface area contributed by atoms with Crippen molar-refractivity contribution in [1.82, 2.24) is 19.6 Å². The van der Waals surface area contributed by atoms with Gasteiger partial charge in [0, 0.05) is 101 Å². The van der Waals surface area contributed by atoms with Gasteiger partial charge in [-0.1, -0.05) is 71.0 Å². The van der Waals surface area contributed by atoms with Crippen LogP contribution in [0.4, 0.5) is 11.4 Å². The van der Waals surface area contributed by atoms with Crippen molar-refractivity contribution < 1.29 is 48.1 Å². The van der Waals surface area contributed by atoms with Crippen molar-refractivity contribution in [3.8, 4) is 0 Å². The lowest BCUT2D eigenvalue weighted by Gasteiger charge is -2.35. The summed E-state index contributed by atoms with van der Waals surface area (Å²) in [5, 5.41) is 9.89. The molecule has 0 N–H and O–H groups in total. The van der Waals surface area contributed by atoms with Gasteiger partial charge in [-0.05, 0) is 60.4 Å². The average molecular weight is 899 g/mol. The van der Waals surface area contributed by atoms with Crippen molar-refractivity contribution in [2.75, 3.05) is 89.8 Å². The van der Waals surface area contributed by atoms with Crippen LogP contribution in [0.5, 0.6) is 0 Å². The minimum absolute atomic E-state index is 0.0501. The maximum atomic E-state index is 13.7. The number of fused-ring (bicyclic) bond motifs is 2. The molecule has 0 aliphatic carbocycles. The SMILES string of the molecule is CON=C(CN1CCN(C(=O)c2ccc3c(c2)CCC(=O)N3OC(=O)C(=O)ON2C(=O)CCc3cc(C(=O)N4CCN(CC(=NOC)c5ccccc5)CC4)ccc32)CC1)c1ccccc1. The second-order valence-corrected chi connectivity index (χ2v) is 16.1. The van der Waals surface area contributed by atoms with Crippen LogP contribution in [0.15, 0.2) is 107 Å². The van der Waals surface area contributed by atoms with E-state index in [1.165, 1.54) is 26.4 Å². The summed E-state index contributed by atoms with van der Waals surface area (Å²) in [7, 11) is 3.03. The molecule has 342 valence electrons. The van der Waals surface area contributed by atoms with Gasteiger partial charge in [0.25, 0.3) is 23.6 Å². The first-order valence-corrected chi connectivity index (χ1v) is 21.8. The number of rotatable bonds is 12. The van der Waals surface area contributed by atoms with Gasteiger partial charge >= 0.3 is 11.9 Å². The van der Waals surface area contributed by atoms with E-state index in [0.29, 0.717) is 87.7 Å². The van der Waals surface area contributed by atoms with Gasteiger partial charge in [-0.25, -0.2) is 9.59 Å². The predicted octanol–water partition coefficient (Wildman–Crippen LogP) is 3.48. The molecule has 66 heavy (non-hydrogen) atoms. The molecule has 0 saturated carbocycles. The van der Waals surface area contributed by atoms with Crippen LogP contribution in [0, 0.1) is 0 Å². The van der Waals surface area contributed by atoms with Crippen LogP contribution >= 0.6 is 0 Å². The van der Waals surface area contributed by atoms with E-state index < -0.39 is 23.8 Å². The third kappa shape index (κ3) is 10.2. The second-order valence-electron chi connectivity index (χ2n) is 16.1. The number of carbonyl (C=O) groups excluding carboxylic acids is 6. The first-order chi connectivity index (χ1) is 32.1. The number of carbonyl (C=O) groups is 6. The molecule has 2 fully saturated rings. The molecule has 0 spiro atoms. The van der Waals surface area contributed by atoms with E-state index >= 15 is 0 Å². The van der Waals surface area contributed by atoms with E-state index in [0.717, 1.165) is 32.7 Å². The number of anilines is 2. The number of aryl methyl sites for hydroxylation is 2. The molecule has 0 atom stereocenters. The fourth-order valence-corrected chi connectivity index (χ4v) is 8.46. The molecule has 18 heteroatoms. The largest absolute Gasteiger partial charge is 0.444 e. The Bertz CT molecular complexity index is 2360. The van der Waals surface area contributed by atoms with E-state index in [4.69, 9.17) is 19.4 Å². The Balaban J connectivity index is 0.852. The lowest BCUT2D eigenvalue weighted by Crippen LogP contribution is -2.50. The van der Waals surface area contributed by atoms with Gasteiger partial charge in [-0.2, -0.15) is 0 Å². The molecular weight excluding hydrogens is 849 g/mol. The Morgan fingerprint density at radius 2 is 0.864 bits per heavy atom. The van der Waals surface area contributed by atoms with Gasteiger partial charge in [-0.3, -0.25) is 29.0 Å². The molecule has 18 nitrogen and oxygen atoms in total. The molecule has 0 bridgehead atoms. The van der Waals surface area contributed by atoms with Crippen LogP contribution in [0.3, 0.4) is 0 Å². The summed E-state index contributed by atoms with van der Waals surface area (Å²) >= 11 is 0. The molecular formula is C48H50N8O10. The van der Waals surface area contributed by atoms with Gasteiger partial charge in [0.2, 0.25) is 0 Å². The molecule has 0 radical (unpaired) electrons. The molecule has 0 unspecified atom stereocenters. The Hall–Kier alpha value is -7.44. The minimum atomic E-state index is -1.53. The summed E-state index contributed by atoms with van der Waals surface area (Å²) in [5.41, 5.74) is 5.87. The number of benzene rings is 4. The first kappa shape index (κ1) is 45.1. The van der Waals surface area contributed by atoms with Gasteiger partial charge in [0.05, 0.1) is 11.4 Å². The Labute approximate surface area is 381 Å². The van der Waals surface area contributed by atoms with Crippen LogP contribution in [0.2, 0.25) is 0 Å². The third-order valence-corrected chi connectivity index (χ3v) is 12.0. The predicted molar refractivity (Wildman–Crippen MR) is 241 cm³/mol. The summed E-state index contributed by atoms with van der Waals surface area (Å²) in [6.45, 7) is 5.56. The molecule has 4 aromatic rings. The maximum Gasteiger partial charge on any atom is 0.444 e. The van der Waals surface area contributed by atoms with E-state index in [1.54, 1.807) is 34.1 Å². The molecule has 2 saturated heterocycles. The third-order valence-electron chi connectivity index (χ3n) is 12.0. The summed E-state index contributed by atoms with van der Waals surface area (Å²) in [5.74, 6) is -4.59. The zero-order valence-electron chi connectivity index (χ0n) is 36.8. The van der Waals surface area contributed by atoms with Crippen molar-refractivity contribution in [3.05, 3.63) is 130 Å². The number of hydrogen-bond acceptors (Lipinski definition) is 14. The highest BCUT2D eigenvalue weighted by Crippen LogP contribution is 2.32. The smallest absolute Gasteiger partial charge is 0.399 e. The van der Waals surface area contributed by atoms with E-state index in [2.05, 4.69) is 20.1 Å². The quantitative estimate of drug-likeness (QED) is 0.115. The highest BCUT2D eigenvalue weighted by molar-refractivity contribution is 6.31. The molecule has 4 heterocycles. The maximum absolute atomic E-state index is 13.7. The highest BCUT2D eigenvalue weighted by atomic mass is 16.8. The molecule has 4 aliphatic rings. The summed E-state index contributed by atoms with van der Waals surface area (Å²) in [6, 6.07) is 29.0. The first-order valence-electron chi connectivity index (χ1n) is 21.8. The van der Waals surface area contributed by atoms with Gasteiger partial charge in [0.1, 0.15) is 25.6 Å². The number of hydroxylamine groups is 2. The van der Waals surface area contributed by atoms with Crippen LogP contribution < -0.4 is 10.1 Å². The number of oxime groups is 2. The normalized spacial score (nSPS) is 17.2. The topological polar surface area (TPSA) is 183 Å². The van der Waals surface area contributed by atoms with E-state index in [1.807, 2.05) is 60.7 Å². The summed E-state index contributed by atoms with van der Waals surface area (Å²) < 4.78 is 0. The van der Waals surface area contributed by atoms with Crippen molar-refractivity contribution >= 4 is 58.4 Å². The zero-order valence-corrected chi connectivity index (χ0v) is 36.8. The van der Waals surface area contributed by atoms with Crippen molar-refractivity contribution in [3.63, 3.8) is 0 Å². The number of amides is 4. The Morgan fingerprint density at radius 3 is 1.23 bits per heavy atom. The lowest BCUT2D eigenvalue weighted by atomic mass is 9.99. The Morgan fingerprint density at radius 1 is 0.485 bits per heavy atom. The fraction of sp³-hybridized carbons (Fsp3) is 0.333. The van der Waals surface area contributed by atoms with E-state index in [-0.39, 0.29) is 48.9 Å². The molecule has 4 amide bonds. The summed E-state index contributed by atoms with van der Waals surface area (Å²) in [6.07, 6.45) is 0.460. The van der Waals surface area contributed by atoms with Crippen LogP contribution in [-0.4, -0.2) is 146 Å². The van der Waals surface area contributed by atoms with Crippen molar-refractivity contribution in [2.24, 2.45) is 10.3 Å². The van der Waals surface area contributed by atoms with Crippen LogP contribution in [-0.2, 0) is 51.4 Å². The van der Waals surface area contributed by atoms with Crippen molar-refractivity contribution in [1.29, 1.82) is 0 Å².